The Bertz CT molecular complexity index is 2100. The molecule has 0 atom stereocenters. The highest BCUT2D eigenvalue weighted by Gasteiger charge is 2.26. The maximum atomic E-state index is 10.2. The highest BCUT2D eigenvalue weighted by atomic mass is 14.7. The molecule has 0 bridgehead atoms. The van der Waals surface area contributed by atoms with Crippen LogP contribution >= 0.6 is 0 Å². The van der Waals surface area contributed by atoms with E-state index >= 15 is 0 Å². The Morgan fingerprint density at radius 1 is 0.413 bits per heavy atom. The fraction of sp³-hybridized carbons (Fsp3) is 0. The predicted octanol–water partition coefficient (Wildman–Crippen LogP) is 10.0. The lowest BCUT2D eigenvalue weighted by atomic mass is 9.80. The van der Waals surface area contributed by atoms with Crippen molar-refractivity contribution < 1.29 is 2.74 Å². The Kier molecular flexibility index (Phi) is 7.30. The van der Waals surface area contributed by atoms with E-state index in [2.05, 4.69) is 19.4 Å². The summed E-state index contributed by atoms with van der Waals surface area (Å²) in [4.78, 5) is 14.4. The smallest absolute Gasteiger partial charge is 0.196 e. The molecule has 0 aliphatic heterocycles. The second kappa shape index (κ2) is 12.5. The van der Waals surface area contributed by atoms with Crippen LogP contribution in [0.5, 0.6) is 0 Å². The van der Waals surface area contributed by atoms with Gasteiger partial charge in [-0.1, -0.05) is 48.5 Å². The van der Waals surface area contributed by atoms with Crippen LogP contribution in [0.3, 0.4) is 0 Å². The van der Waals surface area contributed by atoms with Gasteiger partial charge >= 0.3 is 0 Å². The van der Waals surface area contributed by atoms with Gasteiger partial charge in [0.25, 0.3) is 0 Å². The van der Waals surface area contributed by atoms with Crippen LogP contribution in [0.2, 0.25) is 0 Å². The van der Waals surface area contributed by atoms with Gasteiger partial charge in [0, 0.05) is 27.8 Å². The number of hydrogen-bond acceptors (Lipinski definition) is 4. The molecule has 0 spiro atoms. The molecule has 8 heteroatoms. The molecule has 5 rings (SSSR count). The number of nitrogens with zero attached hydrogens (tertiary/aromatic N) is 8. The van der Waals surface area contributed by atoms with Gasteiger partial charge in [0.15, 0.2) is 22.7 Å². The molecule has 5 aromatic rings. The zero-order chi connectivity index (χ0) is 34.5. The monoisotopic (exact) mass is 584 g/mol. The van der Waals surface area contributed by atoms with E-state index in [-0.39, 0.29) is 89.5 Å². The third-order valence-electron chi connectivity index (χ3n) is 7.13. The van der Waals surface area contributed by atoms with Crippen molar-refractivity contribution in [2.45, 2.75) is 0 Å². The summed E-state index contributed by atoms with van der Waals surface area (Å²) < 4.78 is 19.7. The Hall–Kier alpha value is -7.98. The van der Waals surface area contributed by atoms with E-state index in [9.17, 15) is 23.8 Å². The molecule has 0 N–H and O–H groups in total. The third kappa shape index (κ3) is 4.79. The molecule has 0 saturated heterocycles. The van der Waals surface area contributed by atoms with E-state index in [1.165, 1.54) is 72.8 Å². The van der Waals surface area contributed by atoms with E-state index in [1.54, 1.807) is 0 Å². The highest BCUT2D eigenvalue weighted by molar-refractivity contribution is 6.06. The zero-order valence-electron chi connectivity index (χ0n) is 25.5. The van der Waals surface area contributed by atoms with E-state index in [4.69, 9.17) is 26.3 Å². The molecule has 0 aliphatic carbocycles. The third-order valence-corrected chi connectivity index (χ3v) is 7.13. The van der Waals surface area contributed by atoms with Crippen LogP contribution in [0.4, 0.5) is 22.7 Å². The number of hydrogen-bond donors (Lipinski definition) is 0. The van der Waals surface area contributed by atoms with Gasteiger partial charge in [-0.3, -0.25) is 0 Å². The number of benzene rings is 5. The van der Waals surface area contributed by atoms with Crippen molar-refractivity contribution >= 4 is 22.7 Å². The summed E-state index contributed by atoms with van der Waals surface area (Å²) in [6.07, 6.45) is 0. The van der Waals surface area contributed by atoms with E-state index in [0.29, 0.717) is 0 Å². The fourth-order valence-electron chi connectivity index (χ4n) is 5.21. The van der Waals surface area contributed by atoms with Gasteiger partial charge < -0.3 is 0 Å². The second-order valence-corrected chi connectivity index (χ2v) is 9.44. The molecule has 0 heterocycles. The van der Waals surface area contributed by atoms with Gasteiger partial charge in [0.2, 0.25) is 0 Å². The molecule has 0 aromatic heterocycles. The molecule has 0 amide bonds. The van der Waals surface area contributed by atoms with E-state index < -0.39 is 12.1 Å². The lowest BCUT2D eigenvalue weighted by Gasteiger charge is -2.22. The van der Waals surface area contributed by atoms with Gasteiger partial charge in [-0.05, 0) is 64.2 Å². The van der Waals surface area contributed by atoms with E-state index in [1.807, 2.05) is 24.3 Å². The summed E-state index contributed by atoms with van der Waals surface area (Å²) in [5.41, 5.74) is -1.38. The molecule has 0 aliphatic rings. The molecular weight excluding hydrogens is 568 g/mol. The number of rotatable bonds is 4. The van der Waals surface area contributed by atoms with Crippen LogP contribution in [0.25, 0.3) is 63.9 Å². The quantitative estimate of drug-likeness (QED) is 0.196. The Morgan fingerprint density at radius 3 is 1.02 bits per heavy atom. The first kappa shape index (κ1) is 26.9. The average molecular weight is 585 g/mol. The first-order valence-corrected chi connectivity index (χ1v) is 13.2. The van der Waals surface area contributed by atoms with Gasteiger partial charge in [0.05, 0.1) is 64.4 Å². The maximum absolute atomic E-state index is 10.2. The standard InChI is InChI=1S/C38H14N8/c1-43-31-13-6-11-25(21-41)36(31)28-18-30(38-33(45-3)15-8-16-34(38)46-4)29(37-26(22-42)12-7-14-32(37)44-2)17-27(28)35-23(19-39)9-5-10-24(35)20-40/h5-18H/i17D,18D. The van der Waals surface area contributed by atoms with Crippen molar-refractivity contribution in [3.05, 3.63) is 153 Å². The van der Waals surface area contributed by atoms with Crippen molar-refractivity contribution in [1.82, 2.24) is 0 Å². The van der Waals surface area contributed by atoms with Crippen LogP contribution in [0.15, 0.2) is 84.9 Å². The van der Waals surface area contributed by atoms with Gasteiger partial charge in [-0.15, -0.1) is 0 Å². The summed E-state index contributed by atoms with van der Waals surface area (Å²) in [5, 5.41) is 40.9. The average Bonchev–Trinajstić information content (AvgIpc) is 3.13. The fourth-order valence-corrected chi connectivity index (χ4v) is 5.21. The normalized spacial score (nSPS) is 10.2. The zero-order valence-corrected chi connectivity index (χ0v) is 23.5. The van der Waals surface area contributed by atoms with Gasteiger partial charge in [0.1, 0.15) is 0 Å². The first-order chi connectivity index (χ1) is 23.3. The minimum Gasteiger partial charge on any atom is -0.239 e. The van der Waals surface area contributed by atoms with Crippen LogP contribution < -0.4 is 0 Å². The minimum absolute atomic E-state index is 0.0469. The molecule has 206 valence electrons. The van der Waals surface area contributed by atoms with Crippen LogP contribution in [0.1, 0.15) is 25.0 Å². The van der Waals surface area contributed by atoms with Gasteiger partial charge in [-0.2, -0.15) is 21.0 Å². The van der Waals surface area contributed by atoms with Crippen molar-refractivity contribution in [1.29, 1.82) is 21.0 Å². The largest absolute Gasteiger partial charge is 0.239 e. The summed E-state index contributed by atoms with van der Waals surface area (Å²) >= 11 is 0. The van der Waals surface area contributed by atoms with Crippen molar-refractivity contribution in [3.8, 4) is 68.8 Å². The lowest BCUT2D eigenvalue weighted by molar-refractivity contribution is 1.43. The summed E-state index contributed by atoms with van der Waals surface area (Å²) in [6, 6.07) is 24.6. The Morgan fingerprint density at radius 2 is 0.674 bits per heavy atom. The highest BCUT2D eigenvalue weighted by Crippen LogP contribution is 2.52. The minimum atomic E-state index is -0.456. The molecular formula is C38H14N8. The van der Waals surface area contributed by atoms with Crippen LogP contribution in [0, 0.1) is 71.6 Å². The summed E-state index contributed by atoms with van der Waals surface area (Å²) in [7, 11) is 0. The predicted molar refractivity (Wildman–Crippen MR) is 172 cm³/mol. The van der Waals surface area contributed by atoms with Crippen molar-refractivity contribution in [2.24, 2.45) is 0 Å². The second-order valence-electron chi connectivity index (χ2n) is 9.44. The van der Waals surface area contributed by atoms with Gasteiger partial charge in [-0.25, -0.2) is 19.4 Å². The first-order valence-electron chi connectivity index (χ1n) is 14.2. The van der Waals surface area contributed by atoms with Crippen molar-refractivity contribution in [3.63, 3.8) is 0 Å². The molecule has 0 saturated carbocycles. The molecule has 5 aromatic carbocycles. The Balaban J connectivity index is 2.29. The topological polar surface area (TPSA) is 113 Å². The van der Waals surface area contributed by atoms with Crippen LogP contribution in [-0.4, -0.2) is 0 Å². The molecule has 0 radical (unpaired) electrons. The molecule has 0 fully saturated rings. The molecule has 46 heavy (non-hydrogen) atoms. The maximum Gasteiger partial charge on any atom is 0.196 e. The SMILES string of the molecule is [2H]c1c(-c2c(C#N)cccc2C#N)c(-c2c(C#N)cccc2[N+]#[C-])c([2H])c(-c2c([N+]#[C-])cccc2[N+]#[C-])c1-c1c(C#N)cccc1[N+]#[C-]. The molecule has 8 nitrogen and oxygen atoms in total. The van der Waals surface area contributed by atoms with Crippen LogP contribution in [-0.2, 0) is 0 Å². The number of nitriles is 4. The summed E-state index contributed by atoms with van der Waals surface area (Å²) in [5.74, 6) is 0. The van der Waals surface area contributed by atoms with Crippen molar-refractivity contribution in [2.75, 3.05) is 0 Å². The molecule has 0 unspecified atom stereocenters. The van der Waals surface area contributed by atoms with E-state index in [0.717, 1.165) is 0 Å². The lowest BCUT2D eigenvalue weighted by Crippen LogP contribution is -1.98. The Labute approximate surface area is 267 Å². The summed E-state index contributed by atoms with van der Waals surface area (Å²) in [6.45, 7) is 31.8.